The van der Waals surface area contributed by atoms with Crippen LogP contribution in [0.2, 0.25) is 0 Å². The predicted molar refractivity (Wildman–Crippen MR) is 147 cm³/mol. The largest absolute Gasteiger partial charge is 0.488 e. The van der Waals surface area contributed by atoms with Crippen LogP contribution in [0.25, 0.3) is 0 Å². The molecule has 4 rings (SSSR count). The fraction of sp³-hybridized carbons (Fsp3) is 0.323. The van der Waals surface area contributed by atoms with Crippen molar-refractivity contribution in [1.82, 2.24) is 0 Å². The van der Waals surface area contributed by atoms with Gasteiger partial charge in [-0.3, -0.25) is 14.6 Å². The second-order valence-corrected chi connectivity index (χ2v) is 10.3. The summed E-state index contributed by atoms with van der Waals surface area (Å²) in [6.07, 6.45) is 1.64. The molecule has 0 fully saturated rings. The number of nitrogens with zero attached hydrogens (tertiary/aromatic N) is 2. The molecular formula is C31H34N2O4. The average molecular weight is 499 g/mol. The van der Waals surface area contributed by atoms with Gasteiger partial charge in [-0.25, -0.2) is 0 Å². The van der Waals surface area contributed by atoms with E-state index in [-0.39, 0.29) is 17.9 Å². The van der Waals surface area contributed by atoms with E-state index >= 15 is 0 Å². The van der Waals surface area contributed by atoms with Crippen molar-refractivity contribution < 1.29 is 19.4 Å². The van der Waals surface area contributed by atoms with Crippen molar-refractivity contribution in [2.45, 2.75) is 58.1 Å². The standard InChI is InChI=1S/C31H34N2O4/c1-31(2,3)37-24-18-16-22(17-19-24)21-26-30(36)33(20-10-9-15-28(34)35)27-14-8-7-13-25(27)29(32-26)23-11-5-4-6-12-23/h4-8,11-14,16-19,26H,9-10,15,20-21H2,1-3H3,(H,34,35)/t26-/m0/s1. The Labute approximate surface area is 218 Å². The highest BCUT2D eigenvalue weighted by atomic mass is 16.5. The summed E-state index contributed by atoms with van der Waals surface area (Å²) in [5.74, 6) is -0.123. The molecule has 1 aliphatic heterocycles. The van der Waals surface area contributed by atoms with Gasteiger partial charge in [0, 0.05) is 30.5 Å². The second-order valence-electron chi connectivity index (χ2n) is 10.3. The highest BCUT2D eigenvalue weighted by molar-refractivity contribution is 6.20. The lowest BCUT2D eigenvalue weighted by Crippen LogP contribution is -2.39. The van der Waals surface area contributed by atoms with Crippen molar-refractivity contribution in [2.75, 3.05) is 11.4 Å². The van der Waals surface area contributed by atoms with Crippen LogP contribution in [0.4, 0.5) is 5.69 Å². The molecule has 0 spiro atoms. The number of hydrogen-bond acceptors (Lipinski definition) is 4. The number of carboxylic acids is 1. The molecule has 192 valence electrons. The summed E-state index contributed by atoms with van der Waals surface area (Å²) < 4.78 is 5.95. The van der Waals surface area contributed by atoms with E-state index in [9.17, 15) is 9.59 Å². The number of fused-ring (bicyclic) bond motifs is 1. The van der Waals surface area contributed by atoms with Crippen LogP contribution >= 0.6 is 0 Å². The Balaban J connectivity index is 1.69. The molecule has 0 aromatic heterocycles. The SMILES string of the molecule is CC(C)(C)Oc1ccc(C[C@@H]2N=C(c3ccccc3)c3ccccc3N(CCCCC(=O)O)C2=O)cc1. The topological polar surface area (TPSA) is 79.2 Å². The van der Waals surface area contributed by atoms with Gasteiger partial charge >= 0.3 is 5.97 Å². The van der Waals surface area contributed by atoms with E-state index in [1.807, 2.05) is 99.6 Å². The Kier molecular flexibility index (Phi) is 8.07. The summed E-state index contributed by atoms with van der Waals surface area (Å²) in [6.45, 7) is 6.46. The first-order valence-corrected chi connectivity index (χ1v) is 12.7. The highest BCUT2D eigenvalue weighted by Gasteiger charge is 2.32. The third kappa shape index (κ3) is 6.85. The molecule has 0 unspecified atom stereocenters. The van der Waals surface area contributed by atoms with Crippen LogP contribution in [0, 0.1) is 0 Å². The number of anilines is 1. The lowest BCUT2D eigenvalue weighted by molar-refractivity contribution is -0.137. The summed E-state index contributed by atoms with van der Waals surface area (Å²) >= 11 is 0. The van der Waals surface area contributed by atoms with Gasteiger partial charge < -0.3 is 14.7 Å². The molecule has 1 atom stereocenters. The monoisotopic (exact) mass is 498 g/mol. The molecule has 1 heterocycles. The number of aliphatic carboxylic acids is 1. The predicted octanol–water partition coefficient (Wildman–Crippen LogP) is 5.91. The molecule has 3 aromatic rings. The molecule has 37 heavy (non-hydrogen) atoms. The van der Waals surface area contributed by atoms with Crippen molar-refractivity contribution >= 4 is 23.3 Å². The van der Waals surface area contributed by atoms with Gasteiger partial charge in [0.2, 0.25) is 0 Å². The minimum absolute atomic E-state index is 0.0799. The maximum absolute atomic E-state index is 13.9. The Morgan fingerprint density at radius 1 is 0.946 bits per heavy atom. The Hall–Kier alpha value is -3.93. The Bertz CT molecular complexity index is 1260. The zero-order valence-electron chi connectivity index (χ0n) is 21.7. The molecule has 0 radical (unpaired) electrons. The third-order valence-corrected chi connectivity index (χ3v) is 6.13. The first-order valence-electron chi connectivity index (χ1n) is 12.7. The minimum atomic E-state index is -0.825. The van der Waals surface area contributed by atoms with Gasteiger partial charge in [0.05, 0.1) is 11.4 Å². The Morgan fingerprint density at radius 3 is 2.30 bits per heavy atom. The van der Waals surface area contributed by atoms with Crippen molar-refractivity contribution in [3.63, 3.8) is 0 Å². The van der Waals surface area contributed by atoms with E-state index in [2.05, 4.69) is 0 Å². The van der Waals surface area contributed by atoms with Gasteiger partial charge in [-0.15, -0.1) is 0 Å². The number of aliphatic imine (C=N–C) groups is 1. The molecular weight excluding hydrogens is 464 g/mol. The lowest BCUT2D eigenvalue weighted by Gasteiger charge is -2.25. The van der Waals surface area contributed by atoms with E-state index in [1.54, 1.807) is 4.90 Å². The van der Waals surface area contributed by atoms with Gasteiger partial charge in [0.25, 0.3) is 5.91 Å². The molecule has 1 aliphatic rings. The number of para-hydroxylation sites is 1. The average Bonchev–Trinajstić information content (AvgIpc) is 2.97. The first-order chi connectivity index (χ1) is 17.7. The van der Waals surface area contributed by atoms with Crippen LogP contribution in [-0.4, -0.2) is 40.9 Å². The van der Waals surface area contributed by atoms with E-state index in [0.717, 1.165) is 33.8 Å². The summed E-state index contributed by atoms with van der Waals surface area (Å²) in [4.78, 5) is 31.8. The third-order valence-electron chi connectivity index (χ3n) is 6.13. The van der Waals surface area contributed by atoms with Crippen molar-refractivity contribution in [1.29, 1.82) is 0 Å². The van der Waals surface area contributed by atoms with E-state index in [1.165, 1.54) is 0 Å². The first kappa shape index (κ1) is 26.1. The van der Waals surface area contributed by atoms with Crippen LogP contribution in [0.3, 0.4) is 0 Å². The normalized spacial score (nSPS) is 15.5. The van der Waals surface area contributed by atoms with E-state index in [0.29, 0.717) is 25.8 Å². The molecule has 0 saturated heterocycles. The molecule has 6 heteroatoms. The molecule has 0 aliphatic carbocycles. The second kappa shape index (κ2) is 11.4. The van der Waals surface area contributed by atoms with Gasteiger partial charge in [0.15, 0.2) is 0 Å². The maximum atomic E-state index is 13.9. The number of unbranched alkanes of at least 4 members (excludes halogenated alkanes) is 1. The minimum Gasteiger partial charge on any atom is -0.488 e. The number of amides is 1. The molecule has 0 bridgehead atoms. The Morgan fingerprint density at radius 2 is 1.62 bits per heavy atom. The molecule has 1 N–H and O–H groups in total. The number of benzene rings is 3. The van der Waals surface area contributed by atoms with Crippen LogP contribution < -0.4 is 9.64 Å². The van der Waals surface area contributed by atoms with E-state index in [4.69, 9.17) is 14.8 Å². The smallest absolute Gasteiger partial charge is 0.303 e. The number of benzodiazepines with no additional fused rings is 1. The van der Waals surface area contributed by atoms with Gasteiger partial charge in [-0.2, -0.15) is 0 Å². The quantitative estimate of drug-likeness (QED) is 0.372. The van der Waals surface area contributed by atoms with Gasteiger partial charge in [-0.05, 0) is 57.4 Å². The van der Waals surface area contributed by atoms with E-state index < -0.39 is 12.0 Å². The molecule has 3 aromatic carbocycles. The van der Waals surface area contributed by atoms with Crippen LogP contribution in [0.1, 0.15) is 56.7 Å². The van der Waals surface area contributed by atoms with Crippen LogP contribution in [0.15, 0.2) is 83.9 Å². The summed E-state index contributed by atoms with van der Waals surface area (Å²) in [7, 11) is 0. The molecule has 0 saturated carbocycles. The number of rotatable bonds is 9. The number of hydrogen-bond donors (Lipinski definition) is 1. The maximum Gasteiger partial charge on any atom is 0.303 e. The molecule has 6 nitrogen and oxygen atoms in total. The summed E-state index contributed by atoms with van der Waals surface area (Å²) in [5, 5.41) is 9.05. The van der Waals surface area contributed by atoms with Gasteiger partial charge in [-0.1, -0.05) is 60.7 Å². The zero-order valence-corrected chi connectivity index (χ0v) is 21.7. The number of carbonyl (C=O) groups excluding carboxylic acids is 1. The number of carboxylic acid groups (broad SMARTS) is 1. The van der Waals surface area contributed by atoms with Crippen LogP contribution in [-0.2, 0) is 16.0 Å². The zero-order chi connectivity index (χ0) is 26.4. The van der Waals surface area contributed by atoms with Crippen molar-refractivity contribution in [2.24, 2.45) is 4.99 Å². The fourth-order valence-corrected chi connectivity index (χ4v) is 4.49. The summed E-state index contributed by atoms with van der Waals surface area (Å²) in [6, 6.07) is 25.0. The highest BCUT2D eigenvalue weighted by Crippen LogP contribution is 2.30. The fourth-order valence-electron chi connectivity index (χ4n) is 4.49. The van der Waals surface area contributed by atoms with Crippen LogP contribution in [0.5, 0.6) is 5.75 Å². The number of carbonyl (C=O) groups is 2. The van der Waals surface area contributed by atoms with Gasteiger partial charge in [0.1, 0.15) is 17.4 Å². The molecule has 1 amide bonds. The van der Waals surface area contributed by atoms with Crippen molar-refractivity contribution in [3.05, 3.63) is 95.6 Å². The summed E-state index contributed by atoms with van der Waals surface area (Å²) in [5.41, 5.74) is 4.15. The number of ether oxygens (including phenoxy) is 1. The lowest BCUT2D eigenvalue weighted by atomic mass is 10.00. The van der Waals surface area contributed by atoms with Crippen molar-refractivity contribution in [3.8, 4) is 5.75 Å².